The molecule has 0 bridgehead atoms. The van der Waals surface area contributed by atoms with Crippen molar-refractivity contribution in [3.63, 3.8) is 0 Å². The number of aromatic nitrogens is 1. The van der Waals surface area contributed by atoms with Gasteiger partial charge in [0.2, 0.25) is 0 Å². The summed E-state index contributed by atoms with van der Waals surface area (Å²) in [4.78, 5) is 15.0. The quantitative estimate of drug-likeness (QED) is 0.619. The maximum Gasteiger partial charge on any atom is 0.268 e. The van der Waals surface area contributed by atoms with E-state index >= 15 is 0 Å². The zero-order valence-electron chi connectivity index (χ0n) is 18.8. The van der Waals surface area contributed by atoms with Crippen molar-refractivity contribution in [3.05, 3.63) is 72.6 Å². The van der Waals surface area contributed by atoms with E-state index in [0.29, 0.717) is 12.6 Å². The molecule has 5 rings (SSSR count). The number of rotatable bonds is 6. The predicted octanol–water partition coefficient (Wildman–Crippen LogP) is 4.18. The van der Waals surface area contributed by atoms with Gasteiger partial charge in [-0.15, -0.1) is 0 Å². The second kappa shape index (κ2) is 9.31. The molecule has 2 N–H and O–H groups in total. The second-order valence-electron chi connectivity index (χ2n) is 9.15. The van der Waals surface area contributed by atoms with Crippen molar-refractivity contribution in [1.82, 2.24) is 20.1 Å². The van der Waals surface area contributed by atoms with Gasteiger partial charge in [-0.1, -0.05) is 48.5 Å². The highest BCUT2D eigenvalue weighted by Gasteiger charge is 2.26. The van der Waals surface area contributed by atoms with E-state index in [1.807, 2.05) is 12.1 Å². The van der Waals surface area contributed by atoms with Crippen LogP contribution in [0.3, 0.4) is 0 Å². The molecule has 1 saturated heterocycles. The van der Waals surface area contributed by atoms with Crippen LogP contribution >= 0.6 is 0 Å². The van der Waals surface area contributed by atoms with Gasteiger partial charge in [-0.3, -0.25) is 4.79 Å². The van der Waals surface area contributed by atoms with Gasteiger partial charge in [0.1, 0.15) is 5.69 Å². The van der Waals surface area contributed by atoms with Crippen LogP contribution < -0.4 is 10.6 Å². The smallest absolute Gasteiger partial charge is 0.268 e. The minimum absolute atomic E-state index is 0.0231. The normalized spacial score (nSPS) is 19.5. The van der Waals surface area contributed by atoms with Crippen LogP contribution in [0.4, 0.5) is 0 Å². The molecule has 2 aliphatic heterocycles. The Labute approximate surface area is 190 Å². The standard InChI is InChI=1S/C27H32N4O/c1-30-14-11-24(12-15-30)28-13-10-25-18-29-27(32)26-17-23(19-31(25)26)22-9-5-8-21(16-22)20-6-3-2-4-7-20/h2-9,16-17,19,24-25,28H,10-15,18H2,1H3,(H,29,32). The van der Waals surface area contributed by atoms with E-state index in [9.17, 15) is 4.79 Å². The first kappa shape index (κ1) is 21.0. The molecule has 1 fully saturated rings. The Morgan fingerprint density at radius 2 is 1.66 bits per heavy atom. The fourth-order valence-electron chi connectivity index (χ4n) is 4.94. The van der Waals surface area contributed by atoms with Gasteiger partial charge in [-0.2, -0.15) is 0 Å². The molecule has 1 amide bonds. The van der Waals surface area contributed by atoms with E-state index in [2.05, 4.69) is 81.9 Å². The maximum absolute atomic E-state index is 12.6. The lowest BCUT2D eigenvalue weighted by molar-refractivity contribution is 0.0912. The molecular formula is C27H32N4O. The third-order valence-corrected chi connectivity index (χ3v) is 6.91. The molecule has 2 aliphatic rings. The third-order valence-electron chi connectivity index (χ3n) is 6.91. The molecular weight excluding hydrogens is 396 g/mol. The Balaban J connectivity index is 1.31. The van der Waals surface area contributed by atoms with E-state index < -0.39 is 0 Å². The SMILES string of the molecule is CN1CCC(NCCC2CNC(=O)c3cc(-c4cccc(-c5ccccc5)c4)cn32)CC1. The lowest BCUT2D eigenvalue weighted by Gasteiger charge is -2.31. The van der Waals surface area contributed by atoms with E-state index in [0.717, 1.165) is 29.8 Å². The van der Waals surface area contributed by atoms with Crippen molar-refractivity contribution >= 4 is 5.91 Å². The summed E-state index contributed by atoms with van der Waals surface area (Å²) in [6.07, 6.45) is 5.61. The van der Waals surface area contributed by atoms with Gasteiger partial charge in [0.25, 0.3) is 5.91 Å². The highest BCUT2D eigenvalue weighted by molar-refractivity contribution is 5.95. The summed E-state index contributed by atoms with van der Waals surface area (Å²) in [5.41, 5.74) is 5.40. The molecule has 0 radical (unpaired) electrons. The first-order valence-electron chi connectivity index (χ1n) is 11.8. The number of hydrogen-bond donors (Lipinski definition) is 2. The number of likely N-dealkylation sites (tertiary alicyclic amines) is 1. The average Bonchev–Trinajstić information content (AvgIpc) is 3.29. The van der Waals surface area contributed by atoms with E-state index in [-0.39, 0.29) is 11.9 Å². The summed E-state index contributed by atoms with van der Waals surface area (Å²) in [7, 11) is 2.20. The number of fused-ring (bicyclic) bond motifs is 1. The van der Waals surface area contributed by atoms with Crippen LogP contribution in [0.2, 0.25) is 0 Å². The lowest BCUT2D eigenvalue weighted by atomic mass is 10.0. The molecule has 3 aromatic rings. The van der Waals surface area contributed by atoms with Crippen molar-refractivity contribution in [3.8, 4) is 22.3 Å². The van der Waals surface area contributed by atoms with Crippen LogP contribution in [-0.4, -0.2) is 54.6 Å². The number of hydrogen-bond acceptors (Lipinski definition) is 3. The molecule has 1 unspecified atom stereocenters. The number of nitrogens with one attached hydrogen (secondary N) is 2. The summed E-state index contributed by atoms with van der Waals surface area (Å²) in [6.45, 7) is 4.01. The Morgan fingerprint density at radius 1 is 0.938 bits per heavy atom. The molecule has 3 heterocycles. The Kier molecular flexibility index (Phi) is 6.10. The zero-order valence-corrected chi connectivity index (χ0v) is 18.8. The number of nitrogens with zero attached hydrogens (tertiary/aromatic N) is 2. The van der Waals surface area contributed by atoms with Crippen molar-refractivity contribution in [2.75, 3.05) is 33.2 Å². The molecule has 0 saturated carbocycles. The Morgan fingerprint density at radius 3 is 2.44 bits per heavy atom. The number of piperidine rings is 1. The van der Waals surface area contributed by atoms with Crippen molar-refractivity contribution in [2.24, 2.45) is 0 Å². The molecule has 5 heteroatoms. The van der Waals surface area contributed by atoms with Crippen molar-refractivity contribution in [1.29, 1.82) is 0 Å². The van der Waals surface area contributed by atoms with Gasteiger partial charge >= 0.3 is 0 Å². The van der Waals surface area contributed by atoms with Gasteiger partial charge in [-0.25, -0.2) is 0 Å². The van der Waals surface area contributed by atoms with E-state index in [4.69, 9.17) is 0 Å². The highest BCUT2D eigenvalue weighted by atomic mass is 16.2. The zero-order chi connectivity index (χ0) is 21.9. The van der Waals surface area contributed by atoms with Crippen LogP contribution in [0.5, 0.6) is 0 Å². The summed E-state index contributed by atoms with van der Waals surface area (Å²) in [6, 6.07) is 21.9. The predicted molar refractivity (Wildman–Crippen MR) is 130 cm³/mol. The van der Waals surface area contributed by atoms with Crippen LogP contribution in [0.1, 0.15) is 35.8 Å². The minimum Gasteiger partial charge on any atom is -0.349 e. The number of amides is 1. The topological polar surface area (TPSA) is 49.3 Å². The first-order chi connectivity index (χ1) is 15.7. The summed E-state index contributed by atoms with van der Waals surface area (Å²) >= 11 is 0. The molecule has 166 valence electrons. The van der Waals surface area contributed by atoms with Gasteiger partial charge < -0.3 is 20.1 Å². The molecule has 5 nitrogen and oxygen atoms in total. The molecule has 32 heavy (non-hydrogen) atoms. The average molecular weight is 429 g/mol. The second-order valence-corrected chi connectivity index (χ2v) is 9.15. The van der Waals surface area contributed by atoms with E-state index in [1.54, 1.807) is 0 Å². The molecule has 2 aromatic carbocycles. The van der Waals surface area contributed by atoms with Crippen LogP contribution in [0.25, 0.3) is 22.3 Å². The molecule has 1 aromatic heterocycles. The molecule has 0 spiro atoms. The van der Waals surface area contributed by atoms with Crippen molar-refractivity contribution in [2.45, 2.75) is 31.3 Å². The monoisotopic (exact) mass is 428 g/mol. The van der Waals surface area contributed by atoms with Crippen LogP contribution in [0, 0.1) is 0 Å². The van der Waals surface area contributed by atoms with Crippen molar-refractivity contribution < 1.29 is 4.79 Å². The Bertz CT molecular complexity index is 1070. The van der Waals surface area contributed by atoms with Gasteiger partial charge in [0.15, 0.2) is 0 Å². The largest absolute Gasteiger partial charge is 0.349 e. The third kappa shape index (κ3) is 4.50. The van der Waals surface area contributed by atoms with Gasteiger partial charge in [0, 0.05) is 24.3 Å². The Hall–Kier alpha value is -2.89. The molecule has 1 atom stereocenters. The van der Waals surface area contributed by atoms with Gasteiger partial charge in [0.05, 0.1) is 6.04 Å². The minimum atomic E-state index is 0.0231. The van der Waals surface area contributed by atoms with E-state index in [1.165, 1.54) is 37.1 Å². The summed E-state index contributed by atoms with van der Waals surface area (Å²) in [5.74, 6) is 0.0231. The number of benzene rings is 2. The first-order valence-corrected chi connectivity index (χ1v) is 11.8. The number of carbonyl (C=O) groups excluding carboxylic acids is 1. The lowest BCUT2D eigenvalue weighted by Crippen LogP contribution is -2.43. The summed E-state index contributed by atoms with van der Waals surface area (Å²) < 4.78 is 2.19. The fraction of sp³-hybridized carbons (Fsp3) is 0.370. The summed E-state index contributed by atoms with van der Waals surface area (Å²) in [5, 5.41) is 6.83. The van der Waals surface area contributed by atoms with Crippen LogP contribution in [-0.2, 0) is 0 Å². The van der Waals surface area contributed by atoms with Gasteiger partial charge in [-0.05, 0) is 74.8 Å². The molecule has 0 aliphatic carbocycles. The number of carbonyl (C=O) groups is 1. The maximum atomic E-state index is 12.6. The highest BCUT2D eigenvalue weighted by Crippen LogP contribution is 2.30. The van der Waals surface area contributed by atoms with Crippen LogP contribution in [0.15, 0.2) is 66.9 Å². The fourth-order valence-corrected chi connectivity index (χ4v) is 4.94.